The molecule has 1 atom stereocenters. The second kappa shape index (κ2) is 6.47. The molecule has 7 heteroatoms. The molecule has 118 valence electrons. The highest BCUT2D eigenvalue weighted by atomic mass is 32.1. The quantitative estimate of drug-likeness (QED) is 0.656. The first-order chi connectivity index (χ1) is 11.1. The number of benzene rings is 1. The average Bonchev–Trinajstić information content (AvgIpc) is 3.14. The van der Waals surface area contributed by atoms with Crippen LogP contribution in [0.25, 0.3) is 10.4 Å². The molecule has 1 unspecified atom stereocenters. The second-order valence-corrected chi connectivity index (χ2v) is 6.63. The molecule has 23 heavy (non-hydrogen) atoms. The molecule has 0 spiro atoms. The van der Waals surface area contributed by atoms with E-state index in [2.05, 4.69) is 15.4 Å². The molecule has 2 heterocycles. The zero-order valence-electron chi connectivity index (χ0n) is 12.3. The summed E-state index contributed by atoms with van der Waals surface area (Å²) in [7, 11) is 1.36. The molecular formula is C16H14N2O3S2. The molecule has 1 amide bonds. The van der Waals surface area contributed by atoms with Gasteiger partial charge in [-0.25, -0.2) is 4.79 Å². The van der Waals surface area contributed by atoms with E-state index in [0.29, 0.717) is 17.1 Å². The van der Waals surface area contributed by atoms with Crippen LogP contribution in [0.1, 0.15) is 15.2 Å². The van der Waals surface area contributed by atoms with Gasteiger partial charge in [0, 0.05) is 16.2 Å². The summed E-state index contributed by atoms with van der Waals surface area (Å²) in [5.41, 5.74) is 1.54. The highest BCUT2D eigenvalue weighted by molar-refractivity contribution is 7.80. The molecule has 0 aliphatic carbocycles. The molecule has 1 aromatic heterocycles. The predicted octanol–water partition coefficient (Wildman–Crippen LogP) is 2.12. The van der Waals surface area contributed by atoms with Crippen molar-refractivity contribution in [3.63, 3.8) is 0 Å². The molecule has 1 saturated heterocycles. The molecule has 1 aliphatic rings. The Bertz CT molecular complexity index is 768. The summed E-state index contributed by atoms with van der Waals surface area (Å²) < 4.78 is 4.69. The number of methoxy groups -OCH3 is 1. The van der Waals surface area contributed by atoms with Crippen molar-refractivity contribution >= 4 is 40.5 Å². The van der Waals surface area contributed by atoms with Crippen LogP contribution in [0.4, 0.5) is 0 Å². The van der Waals surface area contributed by atoms with Gasteiger partial charge < -0.3 is 15.4 Å². The lowest BCUT2D eigenvalue weighted by atomic mass is 10.1. The van der Waals surface area contributed by atoms with Crippen molar-refractivity contribution < 1.29 is 14.3 Å². The third kappa shape index (κ3) is 3.40. The molecule has 2 aromatic rings. The van der Waals surface area contributed by atoms with Crippen molar-refractivity contribution in [2.45, 2.75) is 12.5 Å². The van der Waals surface area contributed by atoms with Gasteiger partial charge in [0.15, 0.2) is 5.11 Å². The minimum Gasteiger partial charge on any atom is -0.465 e. The average molecular weight is 346 g/mol. The van der Waals surface area contributed by atoms with E-state index in [1.807, 2.05) is 24.3 Å². The van der Waals surface area contributed by atoms with E-state index < -0.39 is 0 Å². The van der Waals surface area contributed by atoms with Gasteiger partial charge in [0.25, 0.3) is 0 Å². The number of esters is 1. The maximum absolute atomic E-state index is 11.7. The third-order valence-electron chi connectivity index (χ3n) is 3.52. The number of ether oxygens (including phenoxy) is 1. The second-order valence-electron chi connectivity index (χ2n) is 5.05. The SMILES string of the molecule is COC(=O)c1ccc(-c2ccc(CC3NC(=S)NC3=O)s2)cc1. The molecule has 1 aromatic carbocycles. The van der Waals surface area contributed by atoms with Crippen LogP contribution in [0.3, 0.4) is 0 Å². The lowest BCUT2D eigenvalue weighted by Gasteiger charge is -2.05. The van der Waals surface area contributed by atoms with Crippen LogP contribution in [0.5, 0.6) is 0 Å². The zero-order chi connectivity index (χ0) is 16.4. The number of rotatable bonds is 4. The van der Waals surface area contributed by atoms with Crippen LogP contribution in [0.2, 0.25) is 0 Å². The first-order valence-electron chi connectivity index (χ1n) is 6.95. The molecule has 0 bridgehead atoms. The van der Waals surface area contributed by atoms with Gasteiger partial charge in [-0.15, -0.1) is 11.3 Å². The number of thiophene rings is 1. The Morgan fingerprint density at radius 1 is 1.26 bits per heavy atom. The minimum absolute atomic E-state index is 0.0904. The van der Waals surface area contributed by atoms with E-state index in [1.165, 1.54) is 7.11 Å². The zero-order valence-corrected chi connectivity index (χ0v) is 13.9. The van der Waals surface area contributed by atoms with Crippen molar-refractivity contribution in [1.29, 1.82) is 0 Å². The fraction of sp³-hybridized carbons (Fsp3) is 0.188. The van der Waals surface area contributed by atoms with Crippen molar-refractivity contribution in [2.24, 2.45) is 0 Å². The highest BCUT2D eigenvalue weighted by Gasteiger charge is 2.27. The Kier molecular flexibility index (Phi) is 4.40. The standard InChI is InChI=1S/C16H14N2O3S2/c1-21-15(20)10-4-2-9(3-5-10)13-7-6-11(23-13)8-12-14(19)18-16(22)17-12/h2-7,12H,8H2,1H3,(H2,17,18,19,22). The number of carbonyl (C=O) groups is 2. The van der Waals surface area contributed by atoms with E-state index in [9.17, 15) is 9.59 Å². The fourth-order valence-corrected chi connectivity index (χ4v) is 3.64. The van der Waals surface area contributed by atoms with Gasteiger partial charge in [-0.05, 0) is 42.0 Å². The van der Waals surface area contributed by atoms with Crippen LogP contribution in [0.15, 0.2) is 36.4 Å². The first-order valence-corrected chi connectivity index (χ1v) is 8.18. The molecule has 1 aliphatic heterocycles. The van der Waals surface area contributed by atoms with Crippen LogP contribution >= 0.6 is 23.6 Å². The Morgan fingerprint density at radius 3 is 2.61 bits per heavy atom. The molecule has 0 radical (unpaired) electrons. The van der Waals surface area contributed by atoms with Crippen LogP contribution < -0.4 is 10.6 Å². The topological polar surface area (TPSA) is 67.4 Å². The molecule has 1 fully saturated rings. The monoisotopic (exact) mass is 346 g/mol. The Labute approximate surface area is 142 Å². The Balaban J connectivity index is 1.73. The summed E-state index contributed by atoms with van der Waals surface area (Å²) in [4.78, 5) is 25.3. The number of thiocarbonyl (C=S) groups is 1. The van der Waals surface area contributed by atoms with Gasteiger partial charge in [-0.3, -0.25) is 4.79 Å². The summed E-state index contributed by atoms with van der Waals surface area (Å²) in [6, 6.07) is 11.0. The maximum Gasteiger partial charge on any atom is 0.337 e. The Hall–Kier alpha value is -2.25. The van der Waals surface area contributed by atoms with E-state index in [0.717, 1.165) is 15.3 Å². The van der Waals surface area contributed by atoms with E-state index >= 15 is 0 Å². The number of nitrogens with one attached hydrogen (secondary N) is 2. The minimum atomic E-state index is -0.349. The van der Waals surface area contributed by atoms with Crippen molar-refractivity contribution in [3.8, 4) is 10.4 Å². The van der Waals surface area contributed by atoms with Gasteiger partial charge in [0.05, 0.1) is 12.7 Å². The highest BCUT2D eigenvalue weighted by Crippen LogP contribution is 2.29. The van der Waals surface area contributed by atoms with Crippen molar-refractivity contribution in [1.82, 2.24) is 10.6 Å². The number of carbonyl (C=O) groups excluding carboxylic acids is 2. The van der Waals surface area contributed by atoms with Crippen LogP contribution in [0, 0.1) is 0 Å². The van der Waals surface area contributed by atoms with Crippen molar-refractivity contribution in [3.05, 3.63) is 46.8 Å². The maximum atomic E-state index is 11.7. The number of hydrogen-bond donors (Lipinski definition) is 2. The van der Waals surface area contributed by atoms with Gasteiger partial charge in [0.1, 0.15) is 6.04 Å². The van der Waals surface area contributed by atoms with Crippen LogP contribution in [-0.4, -0.2) is 30.1 Å². The van der Waals surface area contributed by atoms with E-state index in [4.69, 9.17) is 12.2 Å². The molecule has 3 rings (SSSR count). The Morgan fingerprint density at radius 2 is 2.00 bits per heavy atom. The molecule has 5 nitrogen and oxygen atoms in total. The largest absolute Gasteiger partial charge is 0.465 e. The molecule has 2 N–H and O–H groups in total. The summed E-state index contributed by atoms with van der Waals surface area (Å²) in [5, 5.41) is 5.93. The number of hydrogen-bond acceptors (Lipinski definition) is 5. The van der Waals surface area contributed by atoms with Gasteiger partial charge >= 0.3 is 5.97 Å². The lowest BCUT2D eigenvalue weighted by Crippen LogP contribution is -2.30. The summed E-state index contributed by atoms with van der Waals surface area (Å²) in [5.74, 6) is -0.440. The van der Waals surface area contributed by atoms with Crippen molar-refractivity contribution in [2.75, 3.05) is 7.11 Å². The van der Waals surface area contributed by atoms with Gasteiger partial charge in [0.2, 0.25) is 5.91 Å². The number of amides is 1. The van der Waals surface area contributed by atoms with Crippen LogP contribution in [-0.2, 0) is 16.0 Å². The van der Waals surface area contributed by atoms with E-state index in [1.54, 1.807) is 23.5 Å². The summed E-state index contributed by atoms with van der Waals surface area (Å²) in [6.07, 6.45) is 0.594. The summed E-state index contributed by atoms with van der Waals surface area (Å²) in [6.45, 7) is 0. The smallest absolute Gasteiger partial charge is 0.337 e. The normalized spacial score (nSPS) is 16.8. The molecule has 0 saturated carbocycles. The first kappa shape index (κ1) is 15.6. The summed E-state index contributed by atoms with van der Waals surface area (Å²) >= 11 is 6.55. The third-order valence-corrected chi connectivity index (χ3v) is 4.89. The van der Waals surface area contributed by atoms with Gasteiger partial charge in [-0.2, -0.15) is 0 Å². The van der Waals surface area contributed by atoms with Gasteiger partial charge in [-0.1, -0.05) is 12.1 Å². The predicted molar refractivity (Wildman–Crippen MR) is 92.5 cm³/mol. The fourth-order valence-electron chi connectivity index (χ4n) is 2.33. The van der Waals surface area contributed by atoms with E-state index in [-0.39, 0.29) is 17.9 Å². The lowest BCUT2D eigenvalue weighted by molar-refractivity contribution is -0.120. The molecular weight excluding hydrogens is 332 g/mol.